The van der Waals surface area contributed by atoms with Gasteiger partial charge in [0.1, 0.15) is 12.1 Å². The SMILES string of the molecule is CC(=O)c1ccc(NC(=O)CN2C(=O)C(C)c3ncccc3-c3c2cc(C2(O)CCC2)nc3F)cc1. The van der Waals surface area contributed by atoms with Gasteiger partial charge in [-0.1, -0.05) is 6.07 Å². The van der Waals surface area contributed by atoms with Gasteiger partial charge in [-0.3, -0.25) is 19.4 Å². The summed E-state index contributed by atoms with van der Waals surface area (Å²) in [6.07, 6.45) is 3.20. The van der Waals surface area contributed by atoms with Crippen LogP contribution in [0, 0.1) is 5.95 Å². The van der Waals surface area contributed by atoms with Crippen LogP contribution in [0.5, 0.6) is 0 Å². The number of hydrogen-bond donors (Lipinski definition) is 2. The first-order valence-electron chi connectivity index (χ1n) is 11.8. The number of carbonyl (C=O) groups is 3. The van der Waals surface area contributed by atoms with Crippen LogP contribution in [0.2, 0.25) is 0 Å². The zero-order valence-corrected chi connectivity index (χ0v) is 19.9. The van der Waals surface area contributed by atoms with E-state index in [9.17, 15) is 19.5 Å². The van der Waals surface area contributed by atoms with Crippen molar-refractivity contribution in [2.45, 2.75) is 44.6 Å². The number of carbonyl (C=O) groups excluding carboxylic acids is 3. The molecule has 36 heavy (non-hydrogen) atoms. The van der Waals surface area contributed by atoms with Crippen molar-refractivity contribution in [3.8, 4) is 11.1 Å². The van der Waals surface area contributed by atoms with Gasteiger partial charge < -0.3 is 15.3 Å². The maximum atomic E-state index is 15.6. The van der Waals surface area contributed by atoms with Gasteiger partial charge in [-0.2, -0.15) is 4.39 Å². The first kappa shape index (κ1) is 23.7. The lowest BCUT2D eigenvalue weighted by Gasteiger charge is -2.36. The van der Waals surface area contributed by atoms with Crippen LogP contribution in [-0.2, 0) is 15.2 Å². The Morgan fingerprint density at radius 1 is 1.22 bits per heavy atom. The second-order valence-electron chi connectivity index (χ2n) is 9.34. The summed E-state index contributed by atoms with van der Waals surface area (Å²) in [5.74, 6) is -2.60. The Bertz CT molecular complexity index is 1390. The van der Waals surface area contributed by atoms with E-state index in [1.807, 2.05) is 0 Å². The molecule has 8 nitrogen and oxygen atoms in total. The molecular formula is C27H25FN4O4. The van der Waals surface area contributed by atoms with Crippen LogP contribution >= 0.6 is 0 Å². The zero-order chi connectivity index (χ0) is 25.6. The van der Waals surface area contributed by atoms with E-state index in [1.165, 1.54) is 24.1 Å². The van der Waals surface area contributed by atoms with Crippen LogP contribution in [0.3, 0.4) is 0 Å². The van der Waals surface area contributed by atoms with Crippen LogP contribution in [0.25, 0.3) is 11.1 Å². The second kappa shape index (κ2) is 8.91. The zero-order valence-electron chi connectivity index (χ0n) is 19.9. The number of aromatic nitrogens is 2. The molecule has 3 heterocycles. The van der Waals surface area contributed by atoms with Crippen molar-refractivity contribution in [3.63, 3.8) is 0 Å². The summed E-state index contributed by atoms with van der Waals surface area (Å²) in [5, 5.41) is 13.6. The van der Waals surface area contributed by atoms with Gasteiger partial charge in [0.25, 0.3) is 0 Å². The van der Waals surface area contributed by atoms with Crippen molar-refractivity contribution in [3.05, 3.63) is 71.6 Å². The Labute approximate surface area is 207 Å². The molecule has 1 aliphatic carbocycles. The largest absolute Gasteiger partial charge is 0.384 e. The summed E-state index contributed by atoms with van der Waals surface area (Å²) in [4.78, 5) is 47.8. The molecule has 5 rings (SSSR count). The lowest BCUT2D eigenvalue weighted by Crippen LogP contribution is -2.41. The molecule has 2 amide bonds. The van der Waals surface area contributed by atoms with Crippen molar-refractivity contribution in [2.24, 2.45) is 0 Å². The first-order valence-corrected chi connectivity index (χ1v) is 11.8. The number of nitrogens with zero attached hydrogens (tertiary/aromatic N) is 3. The quantitative estimate of drug-likeness (QED) is 0.416. The van der Waals surface area contributed by atoms with Crippen LogP contribution in [-0.4, -0.2) is 39.2 Å². The summed E-state index contributed by atoms with van der Waals surface area (Å²) in [7, 11) is 0. The average Bonchev–Trinajstić information content (AvgIpc) is 2.92. The molecule has 184 valence electrons. The Morgan fingerprint density at radius 3 is 2.58 bits per heavy atom. The number of pyridine rings is 2. The molecular weight excluding hydrogens is 463 g/mol. The fraction of sp³-hybridized carbons (Fsp3) is 0.296. The van der Waals surface area contributed by atoms with Crippen molar-refractivity contribution in [1.29, 1.82) is 0 Å². The van der Waals surface area contributed by atoms with Crippen LogP contribution < -0.4 is 10.2 Å². The maximum absolute atomic E-state index is 15.6. The third kappa shape index (κ3) is 4.05. The standard InChI is InChI=1S/C27H25FN4O4/c1-15-24-19(5-3-12-29-24)23-20(13-21(31-25(23)28)27(36)10-4-11-27)32(26(15)35)14-22(34)30-18-8-6-17(7-9-18)16(2)33/h3,5-9,12-13,15,36H,4,10-11,14H2,1-2H3,(H,30,34). The molecule has 1 aliphatic heterocycles. The number of ketones is 1. The van der Waals surface area contributed by atoms with E-state index in [2.05, 4.69) is 15.3 Å². The average molecular weight is 489 g/mol. The molecule has 2 aliphatic rings. The van der Waals surface area contributed by atoms with Crippen LogP contribution in [0.4, 0.5) is 15.8 Å². The van der Waals surface area contributed by atoms with Crippen molar-refractivity contribution in [2.75, 3.05) is 16.8 Å². The lowest BCUT2D eigenvalue weighted by atomic mass is 9.77. The fourth-order valence-corrected chi connectivity index (χ4v) is 4.71. The minimum atomic E-state index is -1.26. The van der Waals surface area contributed by atoms with Gasteiger partial charge in [0.05, 0.1) is 28.6 Å². The number of fused-ring (bicyclic) bond motifs is 3. The summed E-state index contributed by atoms with van der Waals surface area (Å²) in [6, 6.07) is 11.2. The number of benzene rings is 1. The van der Waals surface area contributed by atoms with E-state index in [0.29, 0.717) is 35.3 Å². The first-order chi connectivity index (χ1) is 17.2. The highest BCUT2D eigenvalue weighted by molar-refractivity contribution is 6.09. The van der Waals surface area contributed by atoms with Gasteiger partial charge in [-0.25, -0.2) is 4.98 Å². The minimum Gasteiger partial charge on any atom is -0.384 e. The van der Waals surface area contributed by atoms with E-state index in [0.717, 1.165) is 6.42 Å². The molecule has 1 unspecified atom stereocenters. The van der Waals surface area contributed by atoms with Crippen LogP contribution in [0.15, 0.2) is 48.7 Å². The normalized spacial score (nSPS) is 17.9. The maximum Gasteiger partial charge on any atom is 0.244 e. The molecule has 0 radical (unpaired) electrons. The summed E-state index contributed by atoms with van der Waals surface area (Å²) in [5.41, 5.74) is 0.896. The number of amides is 2. The highest BCUT2D eigenvalue weighted by atomic mass is 19.1. The Morgan fingerprint density at radius 2 is 1.94 bits per heavy atom. The molecule has 1 aromatic carbocycles. The van der Waals surface area contributed by atoms with Gasteiger partial charge in [0.15, 0.2) is 5.78 Å². The molecule has 1 fully saturated rings. The smallest absolute Gasteiger partial charge is 0.244 e. The van der Waals surface area contributed by atoms with Crippen LogP contribution in [0.1, 0.15) is 60.8 Å². The lowest BCUT2D eigenvalue weighted by molar-refractivity contribution is -0.122. The molecule has 3 aromatic rings. The highest BCUT2D eigenvalue weighted by Gasteiger charge is 2.41. The van der Waals surface area contributed by atoms with Crippen molar-refractivity contribution >= 4 is 29.0 Å². The second-order valence-corrected chi connectivity index (χ2v) is 9.34. The molecule has 0 saturated heterocycles. The minimum absolute atomic E-state index is 0.0704. The van der Waals surface area contributed by atoms with E-state index in [-0.39, 0.29) is 29.3 Å². The Hall–Kier alpha value is -3.98. The van der Waals surface area contributed by atoms with Crippen molar-refractivity contribution < 1.29 is 23.9 Å². The fourth-order valence-electron chi connectivity index (χ4n) is 4.71. The topological polar surface area (TPSA) is 112 Å². The molecule has 2 aromatic heterocycles. The number of rotatable bonds is 5. The van der Waals surface area contributed by atoms with Crippen molar-refractivity contribution in [1.82, 2.24) is 9.97 Å². The predicted octanol–water partition coefficient (Wildman–Crippen LogP) is 3.95. The highest BCUT2D eigenvalue weighted by Crippen LogP contribution is 2.46. The van der Waals surface area contributed by atoms with Gasteiger partial charge >= 0.3 is 0 Å². The van der Waals surface area contributed by atoms with Gasteiger partial charge in [0, 0.05) is 23.0 Å². The number of anilines is 2. The third-order valence-electron chi connectivity index (χ3n) is 6.93. The third-order valence-corrected chi connectivity index (χ3v) is 6.93. The summed E-state index contributed by atoms with van der Waals surface area (Å²) in [6.45, 7) is 2.73. The van der Waals surface area contributed by atoms with E-state index in [1.54, 1.807) is 43.3 Å². The molecule has 1 atom stereocenters. The molecule has 0 bridgehead atoms. The number of halogens is 1. The van der Waals surface area contributed by atoms with Gasteiger partial charge in [0.2, 0.25) is 17.8 Å². The molecule has 0 spiro atoms. The Kier molecular flexibility index (Phi) is 5.88. The molecule has 2 N–H and O–H groups in total. The monoisotopic (exact) mass is 488 g/mol. The summed E-state index contributed by atoms with van der Waals surface area (Å²) >= 11 is 0. The summed E-state index contributed by atoms with van der Waals surface area (Å²) < 4.78 is 15.6. The van der Waals surface area contributed by atoms with E-state index < -0.39 is 29.3 Å². The van der Waals surface area contributed by atoms with Gasteiger partial charge in [-0.05, 0) is 69.5 Å². The number of Topliss-reactive ketones (excluding diaryl/α,β-unsaturated/α-hetero) is 1. The number of hydrogen-bond acceptors (Lipinski definition) is 6. The Balaban J connectivity index is 1.55. The predicted molar refractivity (Wildman–Crippen MR) is 131 cm³/mol. The van der Waals surface area contributed by atoms with E-state index in [4.69, 9.17) is 0 Å². The van der Waals surface area contributed by atoms with Gasteiger partial charge in [-0.15, -0.1) is 0 Å². The molecule has 1 saturated carbocycles. The number of nitrogens with one attached hydrogen (secondary N) is 1. The van der Waals surface area contributed by atoms with E-state index >= 15 is 4.39 Å². The number of aliphatic hydroxyl groups is 1. The molecule has 9 heteroatoms.